The van der Waals surface area contributed by atoms with Crippen LogP contribution in [0.2, 0.25) is 5.02 Å². The number of aromatic nitrogens is 2. The van der Waals surface area contributed by atoms with Crippen molar-refractivity contribution in [3.63, 3.8) is 0 Å². The molecule has 0 aliphatic rings. The van der Waals surface area contributed by atoms with Crippen LogP contribution >= 0.6 is 23.4 Å². The summed E-state index contributed by atoms with van der Waals surface area (Å²) in [7, 11) is 0. The Morgan fingerprint density at radius 1 is 1.16 bits per heavy atom. The molecule has 0 saturated heterocycles. The number of halogens is 1. The molecule has 0 bridgehead atoms. The molecule has 4 N–H and O–H groups in total. The van der Waals surface area contributed by atoms with Crippen molar-refractivity contribution in [3.05, 3.63) is 82.5 Å². The van der Waals surface area contributed by atoms with Crippen molar-refractivity contribution in [2.24, 2.45) is 0 Å². The summed E-state index contributed by atoms with van der Waals surface area (Å²) in [6, 6.07) is 15.9. The Morgan fingerprint density at radius 2 is 1.86 bits per heavy atom. The molecule has 4 aromatic rings. The van der Waals surface area contributed by atoms with E-state index < -0.39 is 12.7 Å². The maximum absolute atomic E-state index is 10.0. The number of ether oxygens (including phenoxy) is 1. The molecule has 37 heavy (non-hydrogen) atoms. The Hall–Kier alpha value is -4.06. The van der Waals surface area contributed by atoms with Gasteiger partial charge in [-0.25, -0.2) is 14.8 Å². The van der Waals surface area contributed by atoms with E-state index in [4.69, 9.17) is 38.2 Å². The van der Waals surface area contributed by atoms with E-state index in [1.165, 1.54) is 18.0 Å². The van der Waals surface area contributed by atoms with Crippen molar-refractivity contribution in [1.29, 1.82) is 5.26 Å². The van der Waals surface area contributed by atoms with Crippen LogP contribution in [0, 0.1) is 17.9 Å². The molecule has 9 nitrogen and oxygen atoms in total. The first-order valence-electron chi connectivity index (χ1n) is 10.9. The van der Waals surface area contributed by atoms with E-state index >= 15 is 0 Å². The number of hydrogen-bond acceptors (Lipinski definition) is 9. The average molecular weight is 534 g/mol. The van der Waals surface area contributed by atoms with Gasteiger partial charge in [-0.1, -0.05) is 35.5 Å². The highest BCUT2D eigenvalue weighted by atomic mass is 35.5. The van der Waals surface area contributed by atoms with Crippen molar-refractivity contribution < 1.29 is 19.4 Å². The second kappa shape index (κ2) is 11.8. The van der Waals surface area contributed by atoms with Gasteiger partial charge in [0.1, 0.15) is 41.6 Å². The normalized spacial score (nSPS) is 11.5. The second-order valence-corrected chi connectivity index (χ2v) is 9.14. The van der Waals surface area contributed by atoms with E-state index in [2.05, 4.69) is 20.9 Å². The van der Waals surface area contributed by atoms with Crippen molar-refractivity contribution in [2.75, 3.05) is 18.9 Å². The van der Waals surface area contributed by atoms with Crippen molar-refractivity contribution >= 4 is 34.9 Å². The molecular weight excluding hydrogens is 514 g/mol. The number of anilines is 1. The Labute approximate surface area is 221 Å². The number of aliphatic hydroxyl groups excluding tert-OH is 2. The summed E-state index contributed by atoms with van der Waals surface area (Å²) >= 11 is 7.20. The highest BCUT2D eigenvalue weighted by Gasteiger charge is 2.21. The lowest BCUT2D eigenvalue weighted by atomic mass is 10.00. The summed E-state index contributed by atoms with van der Waals surface area (Å²) in [5, 5.41) is 29.4. The molecule has 0 unspecified atom stereocenters. The van der Waals surface area contributed by atoms with E-state index in [1.807, 2.05) is 12.1 Å². The molecule has 0 spiro atoms. The van der Waals surface area contributed by atoms with Gasteiger partial charge in [-0.3, -0.25) is 0 Å². The van der Waals surface area contributed by atoms with E-state index in [0.29, 0.717) is 44.3 Å². The minimum absolute atomic E-state index is 0.0138. The summed E-state index contributed by atoms with van der Waals surface area (Å²) < 4.78 is 11.0. The monoisotopic (exact) mass is 533 g/mol. The van der Waals surface area contributed by atoms with E-state index in [9.17, 15) is 10.4 Å². The van der Waals surface area contributed by atoms with Crippen LogP contribution in [0.25, 0.3) is 27.4 Å². The van der Waals surface area contributed by atoms with Crippen LogP contribution in [0.4, 0.5) is 11.5 Å². The third-order valence-corrected chi connectivity index (χ3v) is 6.45. The SMILES string of the molecule is [C-]#[N+]c1c(N)nc(SCc2coc(-c3ccc(Cl)cc3)n2)c(C#N)c1-c1ccc(OC[C@@H](O)CO)cc1. The third-order valence-electron chi connectivity index (χ3n) is 5.18. The Bertz CT molecular complexity index is 1480. The minimum atomic E-state index is -0.995. The summed E-state index contributed by atoms with van der Waals surface area (Å²) in [4.78, 5) is 12.3. The van der Waals surface area contributed by atoms with Crippen LogP contribution in [-0.4, -0.2) is 39.5 Å². The standard InChI is InChI=1S/C26H20ClN5O4S/c1-30-23-22(15-4-8-20(9-5-15)35-13-19(34)11-33)21(10-28)26(32-24(23)29)37-14-18-12-36-25(31-18)16-2-6-17(27)7-3-16/h2-9,12,19,33-34H,11,13-14H2,(H2,29,32)/t19-/m0/s1. The van der Waals surface area contributed by atoms with Gasteiger partial charge in [-0.2, -0.15) is 5.26 Å². The van der Waals surface area contributed by atoms with Gasteiger partial charge in [0.2, 0.25) is 11.6 Å². The molecule has 0 amide bonds. The largest absolute Gasteiger partial charge is 0.491 e. The highest BCUT2D eigenvalue weighted by Crippen LogP contribution is 2.42. The first kappa shape index (κ1) is 26.0. The summed E-state index contributed by atoms with van der Waals surface area (Å²) in [6.07, 6.45) is 0.540. The van der Waals surface area contributed by atoms with Crippen LogP contribution in [0.5, 0.6) is 5.75 Å². The van der Waals surface area contributed by atoms with Gasteiger partial charge < -0.3 is 25.1 Å². The Balaban J connectivity index is 1.60. The number of oxazole rings is 1. The van der Waals surface area contributed by atoms with Gasteiger partial charge in [-0.15, -0.1) is 0 Å². The molecule has 2 aromatic carbocycles. The molecule has 0 fully saturated rings. The number of benzene rings is 2. The van der Waals surface area contributed by atoms with Crippen LogP contribution in [0.1, 0.15) is 11.3 Å². The van der Waals surface area contributed by atoms with Gasteiger partial charge in [-0.05, 0) is 42.0 Å². The number of nitrogen functional groups attached to an aromatic ring is 1. The Kier molecular flexibility index (Phi) is 8.29. The zero-order chi connectivity index (χ0) is 26.4. The van der Waals surface area contributed by atoms with E-state index in [0.717, 1.165) is 5.56 Å². The van der Waals surface area contributed by atoms with Crippen molar-refractivity contribution in [2.45, 2.75) is 16.9 Å². The fourth-order valence-corrected chi connectivity index (χ4v) is 4.38. The number of rotatable bonds is 9. The fourth-order valence-electron chi connectivity index (χ4n) is 3.38. The number of hydrogen-bond donors (Lipinski definition) is 3. The zero-order valence-corrected chi connectivity index (χ0v) is 20.8. The molecule has 0 aliphatic heterocycles. The number of pyridine rings is 1. The molecule has 11 heteroatoms. The predicted octanol–water partition coefficient (Wildman–Crippen LogP) is 5.09. The van der Waals surface area contributed by atoms with Gasteiger partial charge in [0.05, 0.1) is 24.4 Å². The van der Waals surface area contributed by atoms with Crippen LogP contribution in [-0.2, 0) is 5.75 Å². The fraction of sp³-hybridized carbons (Fsp3) is 0.154. The smallest absolute Gasteiger partial charge is 0.236 e. The summed E-state index contributed by atoms with van der Waals surface area (Å²) in [6.45, 7) is 7.13. The first-order valence-corrected chi connectivity index (χ1v) is 12.3. The zero-order valence-electron chi connectivity index (χ0n) is 19.3. The topological polar surface area (TPSA) is 143 Å². The molecule has 186 valence electrons. The molecule has 0 aliphatic carbocycles. The molecule has 0 radical (unpaired) electrons. The minimum Gasteiger partial charge on any atom is -0.491 e. The summed E-state index contributed by atoms with van der Waals surface area (Å²) in [5.41, 5.74) is 8.79. The molecule has 0 saturated carbocycles. The van der Waals surface area contributed by atoms with Gasteiger partial charge in [0, 0.05) is 21.9 Å². The molecule has 2 heterocycles. The van der Waals surface area contributed by atoms with Crippen molar-refractivity contribution in [3.8, 4) is 34.4 Å². The lowest BCUT2D eigenvalue weighted by molar-refractivity contribution is 0.0536. The quantitative estimate of drug-likeness (QED) is 0.198. The van der Waals surface area contributed by atoms with Crippen LogP contribution in [0.3, 0.4) is 0 Å². The van der Waals surface area contributed by atoms with E-state index in [-0.39, 0.29) is 23.7 Å². The van der Waals surface area contributed by atoms with Crippen LogP contribution in [0.15, 0.2) is 64.2 Å². The van der Waals surface area contributed by atoms with Crippen molar-refractivity contribution in [1.82, 2.24) is 9.97 Å². The molecular formula is C26H20ClN5O4S. The maximum Gasteiger partial charge on any atom is 0.236 e. The van der Waals surface area contributed by atoms with E-state index in [1.54, 1.807) is 36.4 Å². The summed E-state index contributed by atoms with van der Waals surface area (Å²) in [5.74, 6) is 1.27. The molecule has 4 rings (SSSR count). The third kappa shape index (κ3) is 6.02. The average Bonchev–Trinajstić information content (AvgIpc) is 3.39. The number of nitrogens with zero attached hydrogens (tertiary/aromatic N) is 4. The van der Waals surface area contributed by atoms with Gasteiger partial charge in [0.25, 0.3) is 0 Å². The van der Waals surface area contributed by atoms with Gasteiger partial charge in [0.15, 0.2) is 0 Å². The number of nitriles is 1. The second-order valence-electron chi connectivity index (χ2n) is 7.74. The predicted molar refractivity (Wildman–Crippen MR) is 140 cm³/mol. The molecule has 2 aromatic heterocycles. The maximum atomic E-state index is 10.0. The number of thioether (sulfide) groups is 1. The molecule has 1 atom stereocenters. The number of nitrogens with two attached hydrogens (primary N) is 1. The highest BCUT2D eigenvalue weighted by molar-refractivity contribution is 7.98. The lowest BCUT2D eigenvalue weighted by Gasteiger charge is -2.14. The number of aliphatic hydroxyl groups is 2. The lowest BCUT2D eigenvalue weighted by Crippen LogP contribution is -2.21. The Morgan fingerprint density at radius 3 is 2.51 bits per heavy atom. The van der Waals surface area contributed by atoms with Crippen LogP contribution < -0.4 is 10.5 Å². The van der Waals surface area contributed by atoms with Gasteiger partial charge >= 0.3 is 0 Å². The first-order chi connectivity index (χ1) is 17.9.